The summed E-state index contributed by atoms with van der Waals surface area (Å²) in [6.45, 7) is 9.42. The maximum Gasteiger partial charge on any atom is 0.227 e. The molecule has 134 valence electrons. The van der Waals surface area contributed by atoms with Crippen LogP contribution in [0.25, 0.3) is 11.5 Å². The van der Waals surface area contributed by atoms with Crippen LogP contribution in [-0.4, -0.2) is 43.4 Å². The first kappa shape index (κ1) is 17.6. The minimum Gasteiger partial charge on any atom is -0.342 e. The highest BCUT2D eigenvalue weighted by Gasteiger charge is 2.32. The number of carbonyl (C=O) groups excluding carboxylic acids is 1. The highest BCUT2D eigenvalue weighted by molar-refractivity contribution is 5.81. The fourth-order valence-electron chi connectivity index (χ4n) is 3.35. The molecule has 2 aromatic rings. The zero-order valence-electron chi connectivity index (χ0n) is 15.8. The zero-order chi connectivity index (χ0) is 18.2. The van der Waals surface area contributed by atoms with Gasteiger partial charge in [-0.3, -0.25) is 4.79 Å². The molecule has 1 aliphatic rings. The van der Waals surface area contributed by atoms with Gasteiger partial charge in [-0.15, -0.1) is 0 Å². The van der Waals surface area contributed by atoms with E-state index in [0.717, 1.165) is 42.4 Å². The van der Waals surface area contributed by atoms with Gasteiger partial charge in [0.1, 0.15) is 11.5 Å². The lowest BCUT2D eigenvalue weighted by Gasteiger charge is -2.36. The molecule has 3 rings (SSSR count). The number of aryl methyl sites for hydroxylation is 2. The summed E-state index contributed by atoms with van der Waals surface area (Å²) in [5.41, 5.74) is 1.42. The number of nitrogens with zero attached hydrogens (tertiary/aromatic N) is 5. The van der Waals surface area contributed by atoms with Gasteiger partial charge in [0, 0.05) is 49.6 Å². The standard InChI is InChI=1S/C19H27N5O/c1-13-11-15(17-20-8-10-23(17)5)22-16(21-13)14-7-6-9-24(12-14)18(25)19(2,3)4/h8,10-11,14H,6-7,9,12H2,1-5H3/t14-/m1/s1. The van der Waals surface area contributed by atoms with E-state index < -0.39 is 0 Å². The average Bonchev–Trinajstić information content (AvgIpc) is 2.99. The molecule has 1 atom stereocenters. The highest BCUT2D eigenvalue weighted by atomic mass is 16.2. The molecule has 6 nitrogen and oxygen atoms in total. The quantitative estimate of drug-likeness (QED) is 0.842. The Bertz CT molecular complexity index is 774. The summed E-state index contributed by atoms with van der Waals surface area (Å²) in [5.74, 6) is 2.04. The van der Waals surface area contributed by atoms with E-state index in [1.54, 1.807) is 6.20 Å². The largest absolute Gasteiger partial charge is 0.342 e. The molecule has 0 aliphatic carbocycles. The van der Waals surface area contributed by atoms with E-state index in [1.807, 2.05) is 56.5 Å². The highest BCUT2D eigenvalue weighted by Crippen LogP contribution is 2.29. The van der Waals surface area contributed by atoms with Crippen molar-refractivity contribution in [1.29, 1.82) is 0 Å². The lowest BCUT2D eigenvalue weighted by Crippen LogP contribution is -2.44. The van der Waals surface area contributed by atoms with Crippen LogP contribution in [0.2, 0.25) is 0 Å². The Morgan fingerprint density at radius 2 is 2.04 bits per heavy atom. The predicted octanol–water partition coefficient (Wildman–Crippen LogP) is 2.94. The third-order valence-electron chi connectivity index (χ3n) is 4.64. The SMILES string of the molecule is Cc1cc(-c2nccn2C)nc([C@@H]2CCCN(C(=O)C(C)(C)C)C2)n1. The molecule has 0 spiro atoms. The first-order valence-electron chi connectivity index (χ1n) is 8.88. The molecule has 1 aliphatic heterocycles. The van der Waals surface area contributed by atoms with E-state index in [0.29, 0.717) is 6.54 Å². The number of piperidine rings is 1. The maximum absolute atomic E-state index is 12.6. The van der Waals surface area contributed by atoms with Crippen molar-refractivity contribution in [3.63, 3.8) is 0 Å². The Labute approximate surface area is 149 Å². The topological polar surface area (TPSA) is 63.9 Å². The molecule has 0 bridgehead atoms. The number of rotatable bonds is 2. The first-order chi connectivity index (χ1) is 11.8. The number of hydrogen-bond donors (Lipinski definition) is 0. The Hall–Kier alpha value is -2.24. The van der Waals surface area contributed by atoms with E-state index >= 15 is 0 Å². The van der Waals surface area contributed by atoms with Gasteiger partial charge < -0.3 is 9.47 Å². The van der Waals surface area contributed by atoms with Gasteiger partial charge in [-0.1, -0.05) is 20.8 Å². The Morgan fingerprint density at radius 1 is 1.28 bits per heavy atom. The fourth-order valence-corrected chi connectivity index (χ4v) is 3.35. The van der Waals surface area contributed by atoms with Crippen LogP contribution in [0.1, 0.15) is 51.0 Å². The molecule has 1 fully saturated rings. The van der Waals surface area contributed by atoms with Gasteiger partial charge in [-0.05, 0) is 25.8 Å². The molecule has 25 heavy (non-hydrogen) atoms. The van der Waals surface area contributed by atoms with Crippen molar-refractivity contribution in [2.24, 2.45) is 12.5 Å². The van der Waals surface area contributed by atoms with Gasteiger partial charge in [0.25, 0.3) is 0 Å². The molecule has 0 saturated carbocycles. The van der Waals surface area contributed by atoms with Crippen molar-refractivity contribution in [1.82, 2.24) is 24.4 Å². The average molecular weight is 341 g/mol. The second kappa shape index (κ2) is 6.58. The number of aromatic nitrogens is 4. The van der Waals surface area contributed by atoms with E-state index in [1.165, 1.54) is 0 Å². The third kappa shape index (κ3) is 3.72. The lowest BCUT2D eigenvalue weighted by atomic mass is 9.91. The number of hydrogen-bond acceptors (Lipinski definition) is 4. The number of imidazole rings is 1. The smallest absolute Gasteiger partial charge is 0.227 e. The van der Waals surface area contributed by atoms with Crippen LogP contribution in [0, 0.1) is 12.3 Å². The van der Waals surface area contributed by atoms with Crippen molar-refractivity contribution in [3.8, 4) is 11.5 Å². The van der Waals surface area contributed by atoms with Gasteiger partial charge >= 0.3 is 0 Å². The zero-order valence-corrected chi connectivity index (χ0v) is 15.8. The van der Waals surface area contributed by atoms with Crippen LogP contribution >= 0.6 is 0 Å². The minimum atomic E-state index is -0.354. The monoisotopic (exact) mass is 341 g/mol. The first-order valence-corrected chi connectivity index (χ1v) is 8.88. The van der Waals surface area contributed by atoms with Crippen LogP contribution in [0.15, 0.2) is 18.5 Å². The van der Waals surface area contributed by atoms with E-state index in [2.05, 4.69) is 9.97 Å². The van der Waals surface area contributed by atoms with E-state index in [-0.39, 0.29) is 17.2 Å². The van der Waals surface area contributed by atoms with Crippen molar-refractivity contribution >= 4 is 5.91 Å². The lowest BCUT2D eigenvalue weighted by molar-refractivity contribution is -0.140. The molecule has 1 amide bonds. The maximum atomic E-state index is 12.6. The van der Waals surface area contributed by atoms with Crippen molar-refractivity contribution in [2.45, 2.75) is 46.5 Å². The van der Waals surface area contributed by atoms with Crippen molar-refractivity contribution in [2.75, 3.05) is 13.1 Å². The summed E-state index contributed by atoms with van der Waals surface area (Å²) in [6.07, 6.45) is 5.69. The summed E-state index contributed by atoms with van der Waals surface area (Å²) < 4.78 is 1.96. The Morgan fingerprint density at radius 3 is 2.68 bits per heavy atom. The molecule has 3 heterocycles. The fraction of sp³-hybridized carbons (Fsp3) is 0.579. The number of likely N-dealkylation sites (tertiary alicyclic amines) is 1. The Kier molecular flexibility index (Phi) is 4.62. The molecular formula is C19H27N5O. The van der Waals surface area contributed by atoms with Crippen molar-refractivity contribution < 1.29 is 4.79 Å². The summed E-state index contributed by atoms with van der Waals surface area (Å²) in [6, 6.07) is 1.97. The normalized spacial score (nSPS) is 18.4. The van der Waals surface area contributed by atoms with Crippen molar-refractivity contribution in [3.05, 3.63) is 30.0 Å². The molecule has 0 unspecified atom stereocenters. The van der Waals surface area contributed by atoms with Crippen LogP contribution in [0.5, 0.6) is 0 Å². The molecule has 0 N–H and O–H groups in total. The molecule has 2 aromatic heterocycles. The molecule has 0 aromatic carbocycles. The predicted molar refractivity (Wildman–Crippen MR) is 97.0 cm³/mol. The second-order valence-electron chi connectivity index (χ2n) is 7.95. The molecule has 1 saturated heterocycles. The van der Waals surface area contributed by atoms with Gasteiger partial charge in [0.15, 0.2) is 5.82 Å². The van der Waals surface area contributed by atoms with Crippen LogP contribution < -0.4 is 0 Å². The summed E-state index contributed by atoms with van der Waals surface area (Å²) in [5, 5.41) is 0. The minimum absolute atomic E-state index is 0.180. The number of amides is 1. The molecule has 0 radical (unpaired) electrons. The second-order valence-corrected chi connectivity index (χ2v) is 7.95. The van der Waals surface area contributed by atoms with Gasteiger partial charge in [-0.2, -0.15) is 0 Å². The summed E-state index contributed by atoms with van der Waals surface area (Å²) in [4.78, 5) is 28.5. The Balaban J connectivity index is 1.88. The number of carbonyl (C=O) groups is 1. The van der Waals surface area contributed by atoms with Gasteiger partial charge in [-0.25, -0.2) is 15.0 Å². The molecule has 6 heteroatoms. The van der Waals surface area contributed by atoms with E-state index in [9.17, 15) is 4.79 Å². The van der Waals surface area contributed by atoms with Crippen LogP contribution in [0.3, 0.4) is 0 Å². The molecular weight excluding hydrogens is 314 g/mol. The summed E-state index contributed by atoms with van der Waals surface area (Å²) in [7, 11) is 1.96. The summed E-state index contributed by atoms with van der Waals surface area (Å²) >= 11 is 0. The van der Waals surface area contributed by atoms with Gasteiger partial charge in [0.05, 0.1) is 0 Å². The third-order valence-corrected chi connectivity index (χ3v) is 4.64. The van der Waals surface area contributed by atoms with Gasteiger partial charge in [0.2, 0.25) is 5.91 Å². The van der Waals surface area contributed by atoms with Crippen LogP contribution in [0.4, 0.5) is 0 Å². The van der Waals surface area contributed by atoms with E-state index in [4.69, 9.17) is 4.98 Å². The van der Waals surface area contributed by atoms with Crippen LogP contribution in [-0.2, 0) is 11.8 Å².